The lowest BCUT2D eigenvalue weighted by Crippen LogP contribution is -2.37. The van der Waals surface area contributed by atoms with Crippen LogP contribution in [-0.2, 0) is 4.79 Å². The maximum atomic E-state index is 11.0. The molecule has 1 aromatic carbocycles. The van der Waals surface area contributed by atoms with E-state index in [-0.39, 0.29) is 6.04 Å². The van der Waals surface area contributed by atoms with Crippen LogP contribution in [0.25, 0.3) is 0 Å². The quantitative estimate of drug-likeness (QED) is 0.825. The molecular formula is C14H21NO2. The van der Waals surface area contributed by atoms with E-state index in [0.717, 1.165) is 0 Å². The zero-order valence-electron chi connectivity index (χ0n) is 10.9. The summed E-state index contributed by atoms with van der Waals surface area (Å²) in [5.41, 5.74) is 1.66. The molecule has 1 rings (SSSR count). The Balaban J connectivity index is 2.62. The Morgan fingerprint density at radius 3 is 2.65 bits per heavy atom. The first-order valence-corrected chi connectivity index (χ1v) is 5.86. The van der Waals surface area contributed by atoms with Crippen molar-refractivity contribution in [2.45, 2.75) is 33.7 Å². The van der Waals surface area contributed by atoms with Gasteiger partial charge in [-0.3, -0.25) is 4.79 Å². The summed E-state index contributed by atoms with van der Waals surface area (Å²) in [5, 5.41) is 12.3. The van der Waals surface area contributed by atoms with Gasteiger partial charge in [-0.15, -0.1) is 0 Å². The van der Waals surface area contributed by atoms with E-state index in [1.54, 1.807) is 13.8 Å². The largest absolute Gasteiger partial charge is 0.481 e. The van der Waals surface area contributed by atoms with Crippen molar-refractivity contribution in [3.8, 4) is 0 Å². The van der Waals surface area contributed by atoms with Crippen LogP contribution in [0.15, 0.2) is 24.3 Å². The van der Waals surface area contributed by atoms with Crippen LogP contribution in [0.3, 0.4) is 0 Å². The predicted molar refractivity (Wildman–Crippen MR) is 69.0 cm³/mol. The zero-order valence-corrected chi connectivity index (χ0v) is 10.9. The fourth-order valence-electron chi connectivity index (χ4n) is 1.54. The van der Waals surface area contributed by atoms with E-state index in [1.807, 2.05) is 13.0 Å². The van der Waals surface area contributed by atoms with E-state index in [9.17, 15) is 4.79 Å². The van der Waals surface area contributed by atoms with Crippen LogP contribution >= 0.6 is 0 Å². The SMILES string of the molecule is Cc1cccc([C@H](C)NCC(C)(C)C(=O)O)c1. The third kappa shape index (κ3) is 3.86. The monoisotopic (exact) mass is 235 g/mol. The molecule has 0 aromatic heterocycles. The molecule has 1 aromatic rings. The molecule has 0 radical (unpaired) electrons. The van der Waals surface area contributed by atoms with Gasteiger partial charge in [0.1, 0.15) is 0 Å². The van der Waals surface area contributed by atoms with Gasteiger partial charge < -0.3 is 10.4 Å². The summed E-state index contributed by atoms with van der Waals surface area (Å²) >= 11 is 0. The van der Waals surface area contributed by atoms with Gasteiger partial charge >= 0.3 is 5.97 Å². The summed E-state index contributed by atoms with van der Waals surface area (Å²) in [5.74, 6) is -0.776. The summed E-state index contributed by atoms with van der Waals surface area (Å²) in [6, 6.07) is 8.40. The number of carboxylic acid groups (broad SMARTS) is 1. The Hall–Kier alpha value is -1.35. The van der Waals surface area contributed by atoms with Crippen LogP contribution in [-0.4, -0.2) is 17.6 Å². The molecule has 0 fully saturated rings. The zero-order chi connectivity index (χ0) is 13.1. The molecule has 0 heterocycles. The fraction of sp³-hybridized carbons (Fsp3) is 0.500. The molecule has 1 atom stereocenters. The highest BCUT2D eigenvalue weighted by atomic mass is 16.4. The third-order valence-electron chi connectivity index (χ3n) is 2.97. The number of hydrogen-bond acceptors (Lipinski definition) is 2. The van der Waals surface area contributed by atoms with E-state index in [1.165, 1.54) is 11.1 Å². The van der Waals surface area contributed by atoms with Crippen molar-refractivity contribution in [2.24, 2.45) is 5.41 Å². The van der Waals surface area contributed by atoms with Gasteiger partial charge in [-0.05, 0) is 33.3 Å². The minimum absolute atomic E-state index is 0.161. The Morgan fingerprint density at radius 1 is 1.47 bits per heavy atom. The van der Waals surface area contributed by atoms with E-state index in [0.29, 0.717) is 6.54 Å². The molecule has 3 nitrogen and oxygen atoms in total. The normalized spacial score (nSPS) is 13.4. The van der Waals surface area contributed by atoms with Gasteiger partial charge in [-0.1, -0.05) is 29.8 Å². The van der Waals surface area contributed by atoms with Gasteiger partial charge in [0.25, 0.3) is 0 Å². The molecule has 0 spiro atoms. The molecule has 94 valence electrons. The average molecular weight is 235 g/mol. The number of aryl methyl sites for hydroxylation is 1. The van der Waals surface area contributed by atoms with Crippen LogP contribution in [0.2, 0.25) is 0 Å². The summed E-state index contributed by atoms with van der Waals surface area (Å²) in [6.45, 7) is 8.01. The first-order valence-electron chi connectivity index (χ1n) is 5.86. The molecule has 0 aliphatic carbocycles. The second-order valence-electron chi connectivity index (χ2n) is 5.21. The molecule has 0 aliphatic heterocycles. The Kier molecular flexibility index (Phi) is 4.29. The molecule has 0 saturated carbocycles. The Bertz CT molecular complexity index is 399. The number of rotatable bonds is 5. The van der Waals surface area contributed by atoms with E-state index < -0.39 is 11.4 Å². The molecule has 2 N–H and O–H groups in total. The maximum absolute atomic E-state index is 11.0. The lowest BCUT2D eigenvalue weighted by atomic mass is 9.93. The first kappa shape index (κ1) is 13.7. The minimum Gasteiger partial charge on any atom is -0.481 e. The molecule has 0 aliphatic rings. The summed E-state index contributed by atoms with van der Waals surface area (Å²) in [4.78, 5) is 11.0. The molecular weight excluding hydrogens is 214 g/mol. The standard InChI is InChI=1S/C14H21NO2/c1-10-6-5-7-12(8-10)11(2)15-9-14(3,4)13(16)17/h5-8,11,15H,9H2,1-4H3,(H,16,17)/t11-/m0/s1. The van der Waals surface area contributed by atoms with Crippen molar-refractivity contribution in [1.29, 1.82) is 0 Å². The van der Waals surface area contributed by atoms with E-state index in [4.69, 9.17) is 5.11 Å². The van der Waals surface area contributed by atoms with Crippen LogP contribution in [0.5, 0.6) is 0 Å². The summed E-state index contributed by atoms with van der Waals surface area (Å²) in [7, 11) is 0. The number of nitrogens with one attached hydrogen (secondary N) is 1. The summed E-state index contributed by atoms with van der Waals surface area (Å²) < 4.78 is 0. The van der Waals surface area contributed by atoms with Crippen molar-refractivity contribution in [2.75, 3.05) is 6.54 Å². The van der Waals surface area contributed by atoms with Gasteiger partial charge in [-0.2, -0.15) is 0 Å². The smallest absolute Gasteiger partial charge is 0.310 e. The Morgan fingerprint density at radius 2 is 2.12 bits per heavy atom. The van der Waals surface area contributed by atoms with Crippen molar-refractivity contribution >= 4 is 5.97 Å². The van der Waals surface area contributed by atoms with Gasteiger partial charge in [0.2, 0.25) is 0 Å². The number of hydrogen-bond donors (Lipinski definition) is 2. The highest BCUT2D eigenvalue weighted by molar-refractivity contribution is 5.73. The molecule has 0 saturated heterocycles. The molecule has 3 heteroatoms. The second kappa shape index (κ2) is 5.32. The second-order valence-corrected chi connectivity index (χ2v) is 5.21. The Labute approximate surface area is 103 Å². The topological polar surface area (TPSA) is 49.3 Å². The average Bonchev–Trinajstić information content (AvgIpc) is 2.25. The third-order valence-corrected chi connectivity index (χ3v) is 2.97. The number of benzene rings is 1. The van der Waals surface area contributed by atoms with Crippen LogP contribution in [0, 0.1) is 12.3 Å². The van der Waals surface area contributed by atoms with Crippen molar-refractivity contribution in [3.63, 3.8) is 0 Å². The van der Waals surface area contributed by atoms with E-state index >= 15 is 0 Å². The van der Waals surface area contributed by atoms with Crippen LogP contribution in [0.4, 0.5) is 0 Å². The molecule has 0 bridgehead atoms. The lowest BCUT2D eigenvalue weighted by molar-refractivity contribution is -0.146. The first-order chi connectivity index (χ1) is 7.83. The van der Waals surface area contributed by atoms with Crippen molar-refractivity contribution < 1.29 is 9.90 Å². The predicted octanol–water partition coefficient (Wildman–Crippen LogP) is 2.76. The van der Waals surface area contributed by atoms with Gasteiger partial charge in [0.15, 0.2) is 0 Å². The minimum atomic E-state index is -0.776. The van der Waals surface area contributed by atoms with Crippen LogP contribution in [0.1, 0.15) is 37.9 Å². The number of aliphatic carboxylic acids is 1. The highest BCUT2D eigenvalue weighted by Gasteiger charge is 2.27. The molecule has 0 amide bonds. The van der Waals surface area contributed by atoms with Crippen molar-refractivity contribution in [3.05, 3.63) is 35.4 Å². The summed E-state index contributed by atoms with van der Waals surface area (Å²) in [6.07, 6.45) is 0. The van der Waals surface area contributed by atoms with Gasteiger partial charge in [-0.25, -0.2) is 0 Å². The fourth-order valence-corrected chi connectivity index (χ4v) is 1.54. The van der Waals surface area contributed by atoms with Crippen LogP contribution < -0.4 is 5.32 Å². The van der Waals surface area contributed by atoms with Gasteiger partial charge in [0.05, 0.1) is 5.41 Å². The molecule has 17 heavy (non-hydrogen) atoms. The number of carbonyl (C=O) groups is 1. The maximum Gasteiger partial charge on any atom is 0.310 e. The van der Waals surface area contributed by atoms with E-state index in [2.05, 4.69) is 30.4 Å². The number of carboxylic acids is 1. The van der Waals surface area contributed by atoms with Crippen molar-refractivity contribution in [1.82, 2.24) is 5.32 Å². The highest BCUT2D eigenvalue weighted by Crippen LogP contribution is 2.18. The van der Waals surface area contributed by atoms with Gasteiger partial charge in [0, 0.05) is 12.6 Å². The molecule has 0 unspecified atom stereocenters. The lowest BCUT2D eigenvalue weighted by Gasteiger charge is -2.23.